The average Bonchev–Trinajstić information content (AvgIpc) is 2.90. The summed E-state index contributed by atoms with van der Waals surface area (Å²) in [5.41, 5.74) is 2.66. The maximum absolute atomic E-state index is 3.55. The Morgan fingerprint density at radius 3 is 3.12 bits per heavy atom. The molecule has 0 saturated carbocycles. The van der Waals surface area contributed by atoms with E-state index in [0.717, 1.165) is 10.9 Å². The van der Waals surface area contributed by atoms with Crippen molar-refractivity contribution in [3.05, 3.63) is 34.4 Å². The van der Waals surface area contributed by atoms with Crippen LogP contribution in [0, 0.1) is 0 Å². The minimum atomic E-state index is 0.665. The third kappa shape index (κ3) is 1.89. The van der Waals surface area contributed by atoms with Crippen LogP contribution in [0.3, 0.4) is 0 Å². The van der Waals surface area contributed by atoms with E-state index in [1.807, 2.05) is 0 Å². The minimum absolute atomic E-state index is 0.665. The number of aromatic nitrogens is 1. The van der Waals surface area contributed by atoms with Crippen molar-refractivity contribution < 1.29 is 0 Å². The third-order valence-electron chi connectivity index (χ3n) is 3.36. The lowest BCUT2D eigenvalue weighted by Crippen LogP contribution is -2.23. The number of H-pyrrole nitrogens is 1. The minimum Gasteiger partial charge on any atom is -0.361 e. The number of halogens is 1. The molecule has 1 atom stereocenters. The van der Waals surface area contributed by atoms with E-state index in [1.54, 1.807) is 0 Å². The van der Waals surface area contributed by atoms with E-state index in [1.165, 1.54) is 35.9 Å². The Bertz CT molecular complexity index is 498. The summed E-state index contributed by atoms with van der Waals surface area (Å²) >= 11 is 3.53. The molecule has 0 amide bonds. The SMILES string of the molecule is Brc1ccc2[nH]cc(CC3CCCN3)c2c1. The molecule has 2 N–H and O–H groups in total. The van der Waals surface area contributed by atoms with Crippen molar-refractivity contribution >= 4 is 26.8 Å². The third-order valence-corrected chi connectivity index (χ3v) is 3.85. The smallest absolute Gasteiger partial charge is 0.0457 e. The molecule has 0 bridgehead atoms. The molecule has 1 aromatic heterocycles. The van der Waals surface area contributed by atoms with Gasteiger partial charge in [-0.05, 0) is 49.6 Å². The summed E-state index contributed by atoms with van der Waals surface area (Å²) in [6, 6.07) is 7.08. The largest absolute Gasteiger partial charge is 0.361 e. The van der Waals surface area contributed by atoms with E-state index >= 15 is 0 Å². The van der Waals surface area contributed by atoms with Gasteiger partial charge in [-0.1, -0.05) is 15.9 Å². The molecule has 3 rings (SSSR count). The number of hydrogen-bond acceptors (Lipinski definition) is 1. The summed E-state index contributed by atoms with van der Waals surface area (Å²) in [4.78, 5) is 3.34. The van der Waals surface area contributed by atoms with Gasteiger partial charge in [0.05, 0.1) is 0 Å². The van der Waals surface area contributed by atoms with Crippen molar-refractivity contribution in [1.82, 2.24) is 10.3 Å². The predicted molar refractivity (Wildman–Crippen MR) is 70.7 cm³/mol. The fourth-order valence-electron chi connectivity index (χ4n) is 2.52. The predicted octanol–water partition coefficient (Wildman–Crippen LogP) is 3.22. The van der Waals surface area contributed by atoms with Crippen LogP contribution in [0.25, 0.3) is 10.9 Å². The summed E-state index contributed by atoms with van der Waals surface area (Å²) in [7, 11) is 0. The van der Waals surface area contributed by atoms with Crippen molar-refractivity contribution in [2.24, 2.45) is 0 Å². The number of nitrogens with one attached hydrogen (secondary N) is 2. The van der Waals surface area contributed by atoms with Crippen molar-refractivity contribution in [2.45, 2.75) is 25.3 Å². The molecule has 2 aromatic rings. The number of benzene rings is 1. The summed E-state index contributed by atoms with van der Waals surface area (Å²) in [5, 5.41) is 4.90. The fraction of sp³-hybridized carbons (Fsp3) is 0.385. The normalized spacial score (nSPS) is 20.7. The molecule has 0 spiro atoms. The highest BCUT2D eigenvalue weighted by molar-refractivity contribution is 9.10. The van der Waals surface area contributed by atoms with E-state index in [9.17, 15) is 0 Å². The molecule has 1 saturated heterocycles. The van der Waals surface area contributed by atoms with Crippen molar-refractivity contribution in [3.63, 3.8) is 0 Å². The van der Waals surface area contributed by atoms with Gasteiger partial charge in [0, 0.05) is 27.6 Å². The Balaban J connectivity index is 1.93. The number of hydrogen-bond donors (Lipinski definition) is 2. The van der Waals surface area contributed by atoms with Crippen LogP contribution < -0.4 is 5.32 Å². The molecular formula is C13H15BrN2. The summed E-state index contributed by atoms with van der Waals surface area (Å²) in [6.45, 7) is 1.18. The Morgan fingerprint density at radius 2 is 2.31 bits per heavy atom. The van der Waals surface area contributed by atoms with Gasteiger partial charge in [-0.3, -0.25) is 0 Å². The first-order valence-electron chi connectivity index (χ1n) is 5.82. The van der Waals surface area contributed by atoms with E-state index in [-0.39, 0.29) is 0 Å². The van der Waals surface area contributed by atoms with Gasteiger partial charge in [0.15, 0.2) is 0 Å². The van der Waals surface area contributed by atoms with Gasteiger partial charge in [-0.15, -0.1) is 0 Å². The Hall–Kier alpha value is -0.800. The van der Waals surface area contributed by atoms with Crippen LogP contribution in [0.4, 0.5) is 0 Å². The highest BCUT2D eigenvalue weighted by Crippen LogP contribution is 2.24. The maximum atomic E-state index is 3.55. The summed E-state index contributed by atoms with van der Waals surface area (Å²) in [6.07, 6.45) is 5.91. The second-order valence-electron chi connectivity index (χ2n) is 4.50. The summed E-state index contributed by atoms with van der Waals surface area (Å²) in [5.74, 6) is 0. The quantitative estimate of drug-likeness (QED) is 0.868. The molecule has 1 aliphatic heterocycles. The zero-order valence-corrected chi connectivity index (χ0v) is 10.7. The molecular weight excluding hydrogens is 264 g/mol. The van der Waals surface area contributed by atoms with Gasteiger partial charge in [-0.25, -0.2) is 0 Å². The van der Waals surface area contributed by atoms with Crippen LogP contribution in [0.5, 0.6) is 0 Å². The molecule has 1 fully saturated rings. The van der Waals surface area contributed by atoms with Gasteiger partial charge < -0.3 is 10.3 Å². The molecule has 0 aliphatic carbocycles. The fourth-order valence-corrected chi connectivity index (χ4v) is 2.88. The molecule has 16 heavy (non-hydrogen) atoms. The summed E-state index contributed by atoms with van der Waals surface area (Å²) < 4.78 is 1.15. The molecule has 1 aliphatic rings. The second kappa shape index (κ2) is 4.22. The Kier molecular flexibility index (Phi) is 2.74. The highest BCUT2D eigenvalue weighted by atomic mass is 79.9. The molecule has 3 heteroatoms. The van der Waals surface area contributed by atoms with Gasteiger partial charge in [0.2, 0.25) is 0 Å². The molecule has 2 nitrogen and oxygen atoms in total. The van der Waals surface area contributed by atoms with Crippen LogP contribution >= 0.6 is 15.9 Å². The van der Waals surface area contributed by atoms with E-state index < -0.39 is 0 Å². The van der Waals surface area contributed by atoms with Crippen molar-refractivity contribution in [3.8, 4) is 0 Å². The zero-order valence-electron chi connectivity index (χ0n) is 9.09. The van der Waals surface area contributed by atoms with Crippen LogP contribution in [-0.2, 0) is 6.42 Å². The lowest BCUT2D eigenvalue weighted by atomic mass is 10.0. The number of aromatic amines is 1. The van der Waals surface area contributed by atoms with Crippen molar-refractivity contribution in [2.75, 3.05) is 6.54 Å². The highest BCUT2D eigenvalue weighted by Gasteiger charge is 2.16. The number of rotatable bonds is 2. The Morgan fingerprint density at radius 1 is 1.38 bits per heavy atom. The maximum Gasteiger partial charge on any atom is 0.0457 e. The van der Waals surface area contributed by atoms with Crippen LogP contribution in [0.15, 0.2) is 28.9 Å². The lowest BCUT2D eigenvalue weighted by Gasteiger charge is -2.08. The topological polar surface area (TPSA) is 27.8 Å². The second-order valence-corrected chi connectivity index (χ2v) is 5.42. The van der Waals surface area contributed by atoms with E-state index in [0.29, 0.717) is 6.04 Å². The van der Waals surface area contributed by atoms with Gasteiger partial charge in [-0.2, -0.15) is 0 Å². The van der Waals surface area contributed by atoms with Crippen LogP contribution in [-0.4, -0.2) is 17.6 Å². The van der Waals surface area contributed by atoms with E-state index in [4.69, 9.17) is 0 Å². The van der Waals surface area contributed by atoms with Gasteiger partial charge in [0.25, 0.3) is 0 Å². The van der Waals surface area contributed by atoms with Gasteiger partial charge in [0.1, 0.15) is 0 Å². The lowest BCUT2D eigenvalue weighted by molar-refractivity contribution is 0.605. The van der Waals surface area contributed by atoms with Crippen molar-refractivity contribution in [1.29, 1.82) is 0 Å². The monoisotopic (exact) mass is 278 g/mol. The first-order chi connectivity index (χ1) is 7.83. The first kappa shape index (κ1) is 10.4. The first-order valence-corrected chi connectivity index (χ1v) is 6.61. The van der Waals surface area contributed by atoms with E-state index in [2.05, 4.69) is 50.6 Å². The molecule has 1 unspecified atom stereocenters. The molecule has 0 radical (unpaired) electrons. The van der Waals surface area contributed by atoms with Gasteiger partial charge >= 0.3 is 0 Å². The molecule has 2 heterocycles. The molecule has 84 valence electrons. The Labute approximate surface area is 104 Å². The molecule has 1 aromatic carbocycles. The van der Waals surface area contributed by atoms with Crippen LogP contribution in [0.1, 0.15) is 18.4 Å². The standard InChI is InChI=1S/C13H15BrN2/c14-10-3-4-13-12(7-10)9(8-16-13)6-11-2-1-5-15-11/h3-4,7-8,11,15-16H,1-2,5-6H2. The van der Waals surface area contributed by atoms with Crippen LogP contribution in [0.2, 0.25) is 0 Å². The zero-order chi connectivity index (χ0) is 11.0. The number of fused-ring (bicyclic) bond motifs is 1. The average molecular weight is 279 g/mol.